The highest BCUT2D eigenvalue weighted by Crippen LogP contribution is 2.14. The summed E-state index contributed by atoms with van der Waals surface area (Å²) in [4.78, 5) is 0. The number of hydrogen-bond acceptors (Lipinski definition) is 5. The number of likely N-dealkylation sites (N-methyl/N-ethyl adjacent to an activating group) is 1. The van der Waals surface area contributed by atoms with Crippen LogP contribution in [0.1, 0.15) is 13.3 Å². The second kappa shape index (κ2) is 7.42. The SMILES string of the molecule is C=CCCSc1nnnn1CCNCC. The molecule has 1 heterocycles. The Morgan fingerprint density at radius 1 is 1.60 bits per heavy atom. The monoisotopic (exact) mass is 227 g/mol. The summed E-state index contributed by atoms with van der Waals surface area (Å²) in [5, 5.41) is 15.7. The molecule has 15 heavy (non-hydrogen) atoms. The maximum atomic E-state index is 3.97. The first-order valence-corrected chi connectivity index (χ1v) is 6.07. The Balaban J connectivity index is 2.35. The smallest absolute Gasteiger partial charge is 0.209 e. The molecule has 0 aromatic carbocycles. The Kier molecular flexibility index (Phi) is 6.03. The Labute approximate surface area is 94.3 Å². The van der Waals surface area contributed by atoms with E-state index in [0.717, 1.165) is 37.0 Å². The number of nitrogens with zero attached hydrogens (tertiary/aromatic N) is 4. The maximum absolute atomic E-state index is 3.97. The van der Waals surface area contributed by atoms with Crippen LogP contribution >= 0.6 is 11.8 Å². The lowest BCUT2D eigenvalue weighted by atomic mass is 10.5. The topological polar surface area (TPSA) is 55.6 Å². The summed E-state index contributed by atoms with van der Waals surface area (Å²) >= 11 is 1.66. The van der Waals surface area contributed by atoms with Gasteiger partial charge in [0.2, 0.25) is 5.16 Å². The molecule has 1 aromatic rings. The summed E-state index contributed by atoms with van der Waals surface area (Å²) in [5.41, 5.74) is 0. The summed E-state index contributed by atoms with van der Waals surface area (Å²) in [6, 6.07) is 0. The summed E-state index contributed by atoms with van der Waals surface area (Å²) in [6.45, 7) is 8.45. The van der Waals surface area contributed by atoms with Crippen molar-refractivity contribution in [2.24, 2.45) is 0 Å². The standard InChI is InChI=1S/C9H17N5S/c1-3-5-8-15-9-11-12-13-14(9)7-6-10-4-2/h3,10H,1,4-8H2,2H3. The molecule has 6 heteroatoms. The zero-order valence-corrected chi connectivity index (χ0v) is 9.83. The van der Waals surface area contributed by atoms with Crippen LogP contribution in [0.5, 0.6) is 0 Å². The van der Waals surface area contributed by atoms with Gasteiger partial charge in [-0.15, -0.1) is 11.7 Å². The molecule has 0 fully saturated rings. The van der Waals surface area contributed by atoms with Gasteiger partial charge in [0.25, 0.3) is 0 Å². The van der Waals surface area contributed by atoms with Crippen LogP contribution in [0.3, 0.4) is 0 Å². The van der Waals surface area contributed by atoms with Gasteiger partial charge in [0.05, 0.1) is 6.54 Å². The Hall–Kier alpha value is -0.880. The minimum absolute atomic E-state index is 0.817. The molecule has 0 amide bonds. The molecule has 0 saturated carbocycles. The van der Waals surface area contributed by atoms with Gasteiger partial charge in [0.15, 0.2) is 0 Å². The Morgan fingerprint density at radius 3 is 3.20 bits per heavy atom. The van der Waals surface area contributed by atoms with Gasteiger partial charge >= 0.3 is 0 Å². The van der Waals surface area contributed by atoms with Crippen molar-refractivity contribution >= 4 is 11.8 Å². The summed E-state index contributed by atoms with van der Waals surface area (Å²) in [7, 11) is 0. The first-order chi connectivity index (χ1) is 7.38. The van der Waals surface area contributed by atoms with E-state index in [9.17, 15) is 0 Å². The number of tetrazole rings is 1. The molecule has 0 unspecified atom stereocenters. The molecule has 0 bridgehead atoms. The molecule has 0 spiro atoms. The third-order valence-corrected chi connectivity index (χ3v) is 2.79. The number of nitrogens with one attached hydrogen (secondary N) is 1. The van der Waals surface area contributed by atoms with E-state index in [1.165, 1.54) is 0 Å². The van der Waals surface area contributed by atoms with E-state index < -0.39 is 0 Å². The van der Waals surface area contributed by atoms with Crippen LogP contribution in [0.25, 0.3) is 0 Å². The fraction of sp³-hybridized carbons (Fsp3) is 0.667. The Morgan fingerprint density at radius 2 is 2.47 bits per heavy atom. The van der Waals surface area contributed by atoms with Crippen molar-refractivity contribution in [3.63, 3.8) is 0 Å². The fourth-order valence-corrected chi connectivity index (χ4v) is 1.87. The molecule has 0 radical (unpaired) electrons. The van der Waals surface area contributed by atoms with Gasteiger partial charge in [0.1, 0.15) is 0 Å². The summed E-state index contributed by atoms with van der Waals surface area (Å²) in [6.07, 6.45) is 2.88. The molecule has 0 atom stereocenters. The van der Waals surface area contributed by atoms with Gasteiger partial charge in [-0.25, -0.2) is 4.68 Å². The molecule has 1 aromatic heterocycles. The summed E-state index contributed by atoms with van der Waals surface area (Å²) < 4.78 is 1.83. The van der Waals surface area contributed by atoms with E-state index in [1.807, 2.05) is 10.8 Å². The van der Waals surface area contributed by atoms with Crippen LogP contribution in [0, 0.1) is 0 Å². The van der Waals surface area contributed by atoms with Crippen molar-refractivity contribution in [2.75, 3.05) is 18.8 Å². The third-order valence-electron chi connectivity index (χ3n) is 1.80. The van der Waals surface area contributed by atoms with Crippen LogP contribution in [0.15, 0.2) is 17.8 Å². The molecule has 1 N–H and O–H groups in total. The van der Waals surface area contributed by atoms with Gasteiger partial charge in [-0.05, 0) is 23.4 Å². The van der Waals surface area contributed by atoms with Crippen LogP contribution in [0.2, 0.25) is 0 Å². The normalized spacial score (nSPS) is 10.5. The van der Waals surface area contributed by atoms with Crippen molar-refractivity contribution in [3.05, 3.63) is 12.7 Å². The van der Waals surface area contributed by atoms with Crippen LogP contribution in [0.4, 0.5) is 0 Å². The van der Waals surface area contributed by atoms with Gasteiger partial charge in [-0.3, -0.25) is 0 Å². The van der Waals surface area contributed by atoms with E-state index in [-0.39, 0.29) is 0 Å². The molecule has 84 valence electrons. The quantitative estimate of drug-likeness (QED) is 0.407. The minimum atomic E-state index is 0.817. The lowest BCUT2D eigenvalue weighted by Crippen LogP contribution is -2.20. The van der Waals surface area contributed by atoms with Gasteiger partial charge in [0, 0.05) is 12.3 Å². The second-order valence-corrected chi connectivity index (χ2v) is 4.03. The second-order valence-electron chi connectivity index (χ2n) is 2.96. The van der Waals surface area contributed by atoms with E-state index in [2.05, 4.69) is 34.3 Å². The van der Waals surface area contributed by atoms with Crippen molar-refractivity contribution in [1.82, 2.24) is 25.5 Å². The predicted octanol–water partition coefficient (Wildman–Crippen LogP) is 0.951. The predicted molar refractivity (Wildman–Crippen MR) is 61.9 cm³/mol. The van der Waals surface area contributed by atoms with E-state index in [4.69, 9.17) is 0 Å². The van der Waals surface area contributed by atoms with E-state index in [0.29, 0.717) is 0 Å². The molecular weight excluding hydrogens is 210 g/mol. The number of allylic oxidation sites excluding steroid dienone is 1. The zero-order valence-electron chi connectivity index (χ0n) is 9.02. The van der Waals surface area contributed by atoms with Crippen LogP contribution in [-0.4, -0.2) is 39.0 Å². The number of rotatable bonds is 8. The maximum Gasteiger partial charge on any atom is 0.209 e. The number of thioether (sulfide) groups is 1. The number of hydrogen-bond donors (Lipinski definition) is 1. The first-order valence-electron chi connectivity index (χ1n) is 5.09. The first kappa shape index (κ1) is 12.2. The minimum Gasteiger partial charge on any atom is -0.315 e. The lowest BCUT2D eigenvalue weighted by Gasteiger charge is -2.03. The third kappa shape index (κ3) is 4.44. The van der Waals surface area contributed by atoms with Crippen molar-refractivity contribution in [1.29, 1.82) is 0 Å². The molecule has 0 aliphatic carbocycles. The van der Waals surface area contributed by atoms with Gasteiger partial charge in [-0.2, -0.15) is 0 Å². The molecule has 0 aliphatic rings. The molecular formula is C9H17N5S. The largest absolute Gasteiger partial charge is 0.315 e. The molecule has 0 saturated heterocycles. The molecule has 0 aliphatic heterocycles. The highest BCUT2D eigenvalue weighted by molar-refractivity contribution is 7.99. The molecule has 5 nitrogen and oxygen atoms in total. The zero-order chi connectivity index (χ0) is 10.9. The van der Waals surface area contributed by atoms with Gasteiger partial charge < -0.3 is 5.32 Å². The van der Waals surface area contributed by atoms with Crippen molar-refractivity contribution in [2.45, 2.75) is 25.0 Å². The average molecular weight is 227 g/mol. The summed E-state index contributed by atoms with van der Waals surface area (Å²) in [5.74, 6) is 0.977. The van der Waals surface area contributed by atoms with E-state index >= 15 is 0 Å². The lowest BCUT2D eigenvalue weighted by molar-refractivity contribution is 0.517. The van der Waals surface area contributed by atoms with Crippen molar-refractivity contribution < 1.29 is 0 Å². The van der Waals surface area contributed by atoms with Crippen LogP contribution < -0.4 is 5.32 Å². The average Bonchev–Trinajstić information content (AvgIpc) is 2.67. The van der Waals surface area contributed by atoms with Crippen LogP contribution in [-0.2, 0) is 6.54 Å². The van der Waals surface area contributed by atoms with Gasteiger partial charge in [-0.1, -0.05) is 24.8 Å². The fourth-order valence-electron chi connectivity index (χ4n) is 1.04. The highest BCUT2D eigenvalue weighted by Gasteiger charge is 2.04. The highest BCUT2D eigenvalue weighted by atomic mass is 32.2. The number of aromatic nitrogens is 4. The van der Waals surface area contributed by atoms with Crippen molar-refractivity contribution in [3.8, 4) is 0 Å². The van der Waals surface area contributed by atoms with E-state index in [1.54, 1.807) is 11.8 Å². The molecule has 1 rings (SSSR count). The Bertz CT molecular complexity index is 286.